The predicted molar refractivity (Wildman–Crippen MR) is 105 cm³/mol. The number of hydrogen-bond acceptors (Lipinski definition) is 5. The largest absolute Gasteiger partial charge is 0.339 e. The van der Waals surface area contributed by atoms with Crippen molar-refractivity contribution in [2.75, 3.05) is 0 Å². The van der Waals surface area contributed by atoms with Crippen LogP contribution in [0.15, 0.2) is 52.4 Å². The van der Waals surface area contributed by atoms with Crippen LogP contribution in [0.3, 0.4) is 0 Å². The smallest absolute Gasteiger partial charge is 0.233 e. The van der Waals surface area contributed by atoms with Crippen molar-refractivity contribution in [2.24, 2.45) is 0 Å². The fraction of sp³-hybridized carbons (Fsp3) is 0.150. The van der Waals surface area contributed by atoms with Gasteiger partial charge in [-0.3, -0.25) is 0 Å². The van der Waals surface area contributed by atoms with E-state index in [2.05, 4.69) is 47.6 Å². The van der Waals surface area contributed by atoms with Crippen molar-refractivity contribution < 1.29 is 4.52 Å². The maximum absolute atomic E-state index is 5.91. The first-order valence-corrected chi connectivity index (χ1v) is 9.45. The molecule has 0 unspecified atom stereocenters. The van der Waals surface area contributed by atoms with Crippen molar-refractivity contribution in [3.63, 3.8) is 0 Å². The average Bonchev–Trinajstić information content (AvgIpc) is 3.28. The van der Waals surface area contributed by atoms with Crippen LogP contribution in [-0.4, -0.2) is 15.1 Å². The zero-order valence-electron chi connectivity index (χ0n) is 14.4. The van der Waals surface area contributed by atoms with E-state index in [1.807, 2.05) is 24.3 Å². The van der Waals surface area contributed by atoms with Gasteiger partial charge in [-0.15, -0.1) is 11.3 Å². The van der Waals surface area contributed by atoms with E-state index >= 15 is 0 Å². The summed E-state index contributed by atoms with van der Waals surface area (Å²) in [5, 5.41) is 7.74. The Morgan fingerprint density at radius 3 is 2.50 bits per heavy atom. The van der Waals surface area contributed by atoms with Gasteiger partial charge in [0.15, 0.2) is 0 Å². The molecule has 0 fully saturated rings. The molecule has 0 saturated heterocycles. The van der Waals surface area contributed by atoms with E-state index < -0.39 is 0 Å². The molecule has 0 saturated carbocycles. The van der Waals surface area contributed by atoms with Crippen LogP contribution >= 0.6 is 22.9 Å². The van der Waals surface area contributed by atoms with Gasteiger partial charge >= 0.3 is 0 Å². The summed E-state index contributed by atoms with van der Waals surface area (Å²) in [5.41, 5.74) is 5.53. The van der Waals surface area contributed by atoms with Crippen LogP contribution in [0.1, 0.15) is 22.0 Å². The fourth-order valence-electron chi connectivity index (χ4n) is 2.60. The van der Waals surface area contributed by atoms with Crippen LogP contribution in [0.4, 0.5) is 0 Å². The number of thiazole rings is 1. The van der Waals surface area contributed by atoms with Crippen LogP contribution in [0.25, 0.3) is 22.6 Å². The highest BCUT2D eigenvalue weighted by Crippen LogP contribution is 2.26. The second-order valence-corrected chi connectivity index (χ2v) is 7.50. The zero-order valence-corrected chi connectivity index (χ0v) is 15.9. The quantitative estimate of drug-likeness (QED) is 0.453. The monoisotopic (exact) mass is 381 g/mol. The highest BCUT2D eigenvalue weighted by atomic mass is 35.5. The third-order valence-electron chi connectivity index (χ3n) is 4.23. The number of hydrogen-bond donors (Lipinski definition) is 0. The molecule has 2 aromatic heterocycles. The summed E-state index contributed by atoms with van der Waals surface area (Å²) in [7, 11) is 0. The molecule has 4 nitrogen and oxygen atoms in total. The molecule has 0 N–H and O–H groups in total. The third-order valence-corrected chi connectivity index (χ3v) is 5.33. The Morgan fingerprint density at radius 1 is 0.962 bits per heavy atom. The van der Waals surface area contributed by atoms with Gasteiger partial charge in [-0.2, -0.15) is 4.98 Å². The van der Waals surface area contributed by atoms with Crippen molar-refractivity contribution in [3.05, 3.63) is 74.9 Å². The van der Waals surface area contributed by atoms with Crippen molar-refractivity contribution in [2.45, 2.75) is 20.3 Å². The Kier molecular flexibility index (Phi) is 4.57. The van der Waals surface area contributed by atoms with Gasteiger partial charge in [0.2, 0.25) is 11.7 Å². The molecule has 130 valence electrons. The molecule has 0 aliphatic heterocycles. The van der Waals surface area contributed by atoms with Gasteiger partial charge in [0.1, 0.15) is 5.01 Å². The van der Waals surface area contributed by atoms with E-state index in [1.165, 1.54) is 11.1 Å². The van der Waals surface area contributed by atoms with Crippen molar-refractivity contribution >= 4 is 22.9 Å². The van der Waals surface area contributed by atoms with Crippen LogP contribution in [0.5, 0.6) is 0 Å². The van der Waals surface area contributed by atoms with Crippen LogP contribution in [-0.2, 0) is 6.42 Å². The average molecular weight is 382 g/mol. The molecule has 0 bridgehead atoms. The molecule has 0 aliphatic carbocycles. The van der Waals surface area contributed by atoms with E-state index in [-0.39, 0.29) is 0 Å². The number of benzene rings is 2. The summed E-state index contributed by atoms with van der Waals surface area (Å²) in [6.45, 7) is 4.22. The molecule has 4 aromatic rings. The number of nitrogens with zero attached hydrogens (tertiary/aromatic N) is 3. The van der Waals surface area contributed by atoms with E-state index in [4.69, 9.17) is 21.1 Å². The Morgan fingerprint density at radius 2 is 1.73 bits per heavy atom. The lowest BCUT2D eigenvalue weighted by Gasteiger charge is -2.02. The van der Waals surface area contributed by atoms with Gasteiger partial charge in [-0.25, -0.2) is 4.98 Å². The molecule has 4 rings (SSSR count). The van der Waals surface area contributed by atoms with E-state index in [0.717, 1.165) is 21.8 Å². The summed E-state index contributed by atoms with van der Waals surface area (Å²) in [6.07, 6.45) is 0.524. The number of halogens is 1. The van der Waals surface area contributed by atoms with Gasteiger partial charge in [0.05, 0.1) is 12.1 Å². The first-order chi connectivity index (χ1) is 12.6. The molecule has 0 amide bonds. The van der Waals surface area contributed by atoms with Crippen LogP contribution in [0.2, 0.25) is 5.02 Å². The minimum absolute atomic E-state index is 0.524. The Labute approximate surface area is 160 Å². The standard InChI is InChI=1S/C20H16ClN3OS/c1-12-3-4-15(9-13(12)2)17-11-26-19(22-17)10-18-23-20(24-25-18)14-5-7-16(21)8-6-14/h3-9,11H,10H2,1-2H3. The second kappa shape index (κ2) is 7.02. The molecule has 0 atom stereocenters. The molecule has 26 heavy (non-hydrogen) atoms. The SMILES string of the molecule is Cc1ccc(-c2csc(Cc3nc(-c4ccc(Cl)cc4)no3)n2)cc1C. The lowest BCUT2D eigenvalue weighted by Crippen LogP contribution is -1.89. The lowest BCUT2D eigenvalue weighted by molar-refractivity contribution is 0.385. The molecule has 2 heterocycles. The number of rotatable bonds is 4. The lowest BCUT2D eigenvalue weighted by atomic mass is 10.1. The highest BCUT2D eigenvalue weighted by molar-refractivity contribution is 7.10. The fourth-order valence-corrected chi connectivity index (χ4v) is 3.52. The summed E-state index contributed by atoms with van der Waals surface area (Å²) >= 11 is 7.51. The van der Waals surface area contributed by atoms with E-state index in [0.29, 0.717) is 23.2 Å². The van der Waals surface area contributed by atoms with Gasteiger partial charge < -0.3 is 4.52 Å². The predicted octanol–water partition coefficient (Wildman–Crippen LogP) is 5.72. The normalized spacial score (nSPS) is 11.0. The van der Waals surface area contributed by atoms with Gasteiger partial charge in [-0.1, -0.05) is 28.9 Å². The Bertz CT molecular complexity index is 1050. The Hall–Kier alpha value is -2.50. The number of aryl methyl sites for hydroxylation is 2. The van der Waals surface area contributed by atoms with E-state index in [9.17, 15) is 0 Å². The second-order valence-electron chi connectivity index (χ2n) is 6.12. The topological polar surface area (TPSA) is 51.8 Å². The van der Waals surface area contributed by atoms with Crippen molar-refractivity contribution in [1.29, 1.82) is 0 Å². The molecular formula is C20H16ClN3OS. The summed E-state index contributed by atoms with van der Waals surface area (Å²) in [4.78, 5) is 9.17. The van der Waals surface area contributed by atoms with Gasteiger partial charge in [0, 0.05) is 21.5 Å². The first-order valence-electron chi connectivity index (χ1n) is 8.19. The minimum atomic E-state index is 0.524. The van der Waals surface area contributed by atoms with Crippen LogP contribution in [0, 0.1) is 13.8 Å². The molecule has 2 aromatic carbocycles. The molecule has 0 aliphatic rings. The molecule has 6 heteroatoms. The summed E-state index contributed by atoms with van der Waals surface area (Å²) in [6, 6.07) is 13.8. The van der Waals surface area contributed by atoms with Crippen molar-refractivity contribution in [1.82, 2.24) is 15.1 Å². The number of aromatic nitrogens is 3. The summed E-state index contributed by atoms with van der Waals surface area (Å²) < 4.78 is 5.38. The van der Waals surface area contributed by atoms with Gasteiger partial charge in [0.25, 0.3) is 0 Å². The van der Waals surface area contributed by atoms with Gasteiger partial charge in [-0.05, 0) is 55.3 Å². The maximum atomic E-state index is 5.91. The summed E-state index contributed by atoms with van der Waals surface area (Å²) in [5.74, 6) is 1.11. The maximum Gasteiger partial charge on any atom is 0.233 e. The van der Waals surface area contributed by atoms with E-state index in [1.54, 1.807) is 11.3 Å². The Balaban J connectivity index is 1.52. The first kappa shape index (κ1) is 16.9. The third kappa shape index (κ3) is 3.54. The highest BCUT2D eigenvalue weighted by Gasteiger charge is 2.12. The molecule has 0 radical (unpaired) electrons. The van der Waals surface area contributed by atoms with Crippen molar-refractivity contribution in [3.8, 4) is 22.6 Å². The molecular weight excluding hydrogens is 366 g/mol. The zero-order chi connectivity index (χ0) is 18.1. The minimum Gasteiger partial charge on any atom is -0.339 e. The van der Waals surface area contributed by atoms with Crippen LogP contribution < -0.4 is 0 Å². The molecule has 0 spiro atoms.